The van der Waals surface area contributed by atoms with E-state index in [1.165, 1.54) is 24.4 Å². The summed E-state index contributed by atoms with van der Waals surface area (Å²) in [6.45, 7) is 4.07. The Labute approximate surface area is 221 Å². The second-order valence-electron chi connectivity index (χ2n) is 7.82. The second kappa shape index (κ2) is 13.9. The Morgan fingerprint density at radius 2 is 1.63 bits per heavy atom. The standard InChI is InChI=1S/C22H26N4O11S/c1-11(27)33-10-17-18(34-12(2)28)19(35-13(3)29)20(36-14(4)30)21(37-17)24-22(38)25-23-9-15-6-5-7-16(8-15)26(31)32/h5-9,17-21H,10H2,1-4H3,(H2,24,25,38)/b23-9+/t17-,18+,19+,20-,21-/m1/s1. The van der Waals surface area contributed by atoms with E-state index < -0.39 is 66.1 Å². The number of nitro benzene ring substituents is 1. The van der Waals surface area contributed by atoms with Crippen molar-refractivity contribution in [3.8, 4) is 0 Å². The molecule has 38 heavy (non-hydrogen) atoms. The van der Waals surface area contributed by atoms with Gasteiger partial charge in [0.05, 0.1) is 11.1 Å². The van der Waals surface area contributed by atoms with Gasteiger partial charge < -0.3 is 29.0 Å². The Morgan fingerprint density at radius 1 is 1.03 bits per heavy atom. The highest BCUT2D eigenvalue weighted by Crippen LogP contribution is 2.28. The molecule has 16 heteroatoms. The van der Waals surface area contributed by atoms with Gasteiger partial charge in [-0.3, -0.25) is 34.7 Å². The van der Waals surface area contributed by atoms with Gasteiger partial charge >= 0.3 is 23.9 Å². The first-order valence-electron chi connectivity index (χ1n) is 11.0. The molecule has 0 bridgehead atoms. The van der Waals surface area contributed by atoms with Crippen LogP contribution in [0.5, 0.6) is 0 Å². The van der Waals surface area contributed by atoms with Gasteiger partial charge in [0, 0.05) is 45.4 Å². The fourth-order valence-corrected chi connectivity index (χ4v) is 3.56. The van der Waals surface area contributed by atoms with E-state index in [4.69, 9.17) is 35.9 Å². The summed E-state index contributed by atoms with van der Waals surface area (Å²) in [6.07, 6.45) is -5.23. The van der Waals surface area contributed by atoms with Crippen LogP contribution in [-0.2, 0) is 42.9 Å². The van der Waals surface area contributed by atoms with Crippen LogP contribution in [0.15, 0.2) is 29.4 Å². The summed E-state index contributed by atoms with van der Waals surface area (Å²) in [5, 5.41) is 17.4. The molecule has 1 aromatic rings. The van der Waals surface area contributed by atoms with Crippen LogP contribution in [0.3, 0.4) is 0 Å². The van der Waals surface area contributed by atoms with Crippen molar-refractivity contribution < 1.29 is 47.8 Å². The number of carbonyl (C=O) groups excluding carboxylic acids is 4. The zero-order valence-electron chi connectivity index (χ0n) is 20.8. The van der Waals surface area contributed by atoms with Gasteiger partial charge in [-0.1, -0.05) is 12.1 Å². The van der Waals surface area contributed by atoms with Gasteiger partial charge in [-0.25, -0.2) is 0 Å². The van der Waals surface area contributed by atoms with E-state index in [0.29, 0.717) is 5.56 Å². The lowest BCUT2D eigenvalue weighted by Gasteiger charge is -2.44. The molecular formula is C22H26N4O11S. The van der Waals surface area contributed by atoms with Crippen molar-refractivity contribution in [1.29, 1.82) is 0 Å². The molecule has 1 heterocycles. The highest BCUT2D eigenvalue weighted by molar-refractivity contribution is 7.80. The molecular weight excluding hydrogens is 528 g/mol. The summed E-state index contributed by atoms with van der Waals surface area (Å²) in [5.41, 5.74) is 2.76. The summed E-state index contributed by atoms with van der Waals surface area (Å²) in [7, 11) is 0. The first kappa shape index (κ1) is 30.0. The molecule has 206 valence electrons. The number of esters is 4. The Hall–Kier alpha value is -4.18. The maximum absolute atomic E-state index is 11.9. The van der Waals surface area contributed by atoms with Gasteiger partial charge in [0.25, 0.3) is 5.69 Å². The summed E-state index contributed by atoms with van der Waals surface area (Å²) < 4.78 is 26.8. The average molecular weight is 555 g/mol. The maximum atomic E-state index is 11.9. The molecule has 0 radical (unpaired) electrons. The smallest absolute Gasteiger partial charge is 0.303 e. The second-order valence-corrected chi connectivity index (χ2v) is 8.22. The molecule has 0 saturated carbocycles. The van der Waals surface area contributed by atoms with Crippen LogP contribution in [0.2, 0.25) is 0 Å². The van der Waals surface area contributed by atoms with E-state index >= 15 is 0 Å². The number of hydrazone groups is 1. The minimum Gasteiger partial charge on any atom is -0.463 e. The summed E-state index contributed by atoms with van der Waals surface area (Å²) >= 11 is 5.21. The number of nitrogens with zero attached hydrogens (tertiary/aromatic N) is 2. The van der Waals surface area contributed by atoms with Crippen molar-refractivity contribution in [2.75, 3.05) is 6.61 Å². The molecule has 1 saturated heterocycles. The van der Waals surface area contributed by atoms with Crippen LogP contribution in [0.4, 0.5) is 5.69 Å². The minimum absolute atomic E-state index is 0.132. The van der Waals surface area contributed by atoms with Crippen molar-refractivity contribution in [3.63, 3.8) is 0 Å². The van der Waals surface area contributed by atoms with Crippen LogP contribution < -0.4 is 10.7 Å². The molecule has 2 rings (SSSR count). The molecule has 1 fully saturated rings. The zero-order valence-corrected chi connectivity index (χ0v) is 21.6. The lowest BCUT2D eigenvalue weighted by Crippen LogP contribution is -2.66. The van der Waals surface area contributed by atoms with Crippen molar-refractivity contribution >= 4 is 53.1 Å². The van der Waals surface area contributed by atoms with Crippen LogP contribution in [-0.4, -0.2) is 77.4 Å². The van der Waals surface area contributed by atoms with E-state index in [2.05, 4.69) is 15.8 Å². The number of nitro groups is 1. The monoisotopic (exact) mass is 554 g/mol. The van der Waals surface area contributed by atoms with E-state index in [0.717, 1.165) is 27.7 Å². The van der Waals surface area contributed by atoms with Crippen LogP contribution in [0, 0.1) is 10.1 Å². The number of non-ortho nitro benzene ring substituents is 1. The minimum atomic E-state index is -1.37. The fourth-order valence-electron chi connectivity index (χ4n) is 3.39. The zero-order chi connectivity index (χ0) is 28.4. The third kappa shape index (κ3) is 9.36. The molecule has 1 aromatic carbocycles. The van der Waals surface area contributed by atoms with Crippen molar-refractivity contribution in [2.24, 2.45) is 5.10 Å². The molecule has 5 atom stereocenters. The predicted octanol–water partition coefficient (Wildman–Crippen LogP) is 0.476. The maximum Gasteiger partial charge on any atom is 0.303 e. The van der Waals surface area contributed by atoms with E-state index in [-0.39, 0.29) is 10.8 Å². The Kier molecular flexibility index (Phi) is 11.0. The van der Waals surface area contributed by atoms with Crippen molar-refractivity contribution in [1.82, 2.24) is 10.7 Å². The third-order valence-corrected chi connectivity index (χ3v) is 4.93. The van der Waals surface area contributed by atoms with Crippen LogP contribution in [0.1, 0.15) is 33.3 Å². The fraction of sp³-hybridized carbons (Fsp3) is 0.455. The van der Waals surface area contributed by atoms with E-state index in [1.54, 1.807) is 6.07 Å². The number of hydrogen-bond donors (Lipinski definition) is 2. The predicted molar refractivity (Wildman–Crippen MR) is 132 cm³/mol. The van der Waals surface area contributed by atoms with Crippen molar-refractivity contribution in [2.45, 2.75) is 58.3 Å². The summed E-state index contributed by atoms with van der Waals surface area (Å²) in [6, 6.07) is 5.67. The first-order chi connectivity index (χ1) is 17.9. The number of carbonyl (C=O) groups is 4. The van der Waals surface area contributed by atoms with Gasteiger partial charge in [-0.2, -0.15) is 5.10 Å². The largest absolute Gasteiger partial charge is 0.463 e. The number of hydrogen-bond acceptors (Lipinski definition) is 13. The number of thiocarbonyl (C=S) groups is 1. The van der Waals surface area contributed by atoms with Gasteiger partial charge in [0.15, 0.2) is 29.7 Å². The highest BCUT2D eigenvalue weighted by Gasteiger charge is 2.52. The van der Waals surface area contributed by atoms with Crippen LogP contribution >= 0.6 is 12.2 Å². The Bertz CT molecular complexity index is 1110. The van der Waals surface area contributed by atoms with Gasteiger partial charge in [0.1, 0.15) is 12.7 Å². The van der Waals surface area contributed by atoms with Crippen molar-refractivity contribution in [3.05, 3.63) is 39.9 Å². The third-order valence-electron chi connectivity index (χ3n) is 4.72. The van der Waals surface area contributed by atoms with Crippen LogP contribution in [0.25, 0.3) is 0 Å². The topological polar surface area (TPSA) is 194 Å². The summed E-state index contributed by atoms with van der Waals surface area (Å²) in [5.74, 6) is -2.97. The van der Waals surface area contributed by atoms with Gasteiger partial charge in [-0.15, -0.1) is 0 Å². The lowest BCUT2D eigenvalue weighted by molar-refractivity contribution is -0.384. The highest BCUT2D eigenvalue weighted by atomic mass is 32.1. The molecule has 0 amide bonds. The lowest BCUT2D eigenvalue weighted by atomic mass is 9.97. The van der Waals surface area contributed by atoms with Gasteiger partial charge in [0.2, 0.25) is 0 Å². The van der Waals surface area contributed by atoms with Gasteiger partial charge in [-0.05, 0) is 12.2 Å². The molecule has 1 aliphatic rings. The van der Waals surface area contributed by atoms with E-state index in [9.17, 15) is 29.3 Å². The molecule has 15 nitrogen and oxygen atoms in total. The SMILES string of the molecule is CC(=O)OC[C@H]1O[C@@H](NC(=S)N/N=C/c2cccc([N+](=O)[O-])c2)[C@H](OC(C)=O)[C@@H](OC(C)=O)[C@H]1OC(C)=O. The molecule has 0 aliphatic carbocycles. The molecule has 0 unspecified atom stereocenters. The Balaban J connectivity index is 2.28. The average Bonchev–Trinajstić information content (AvgIpc) is 2.81. The number of nitrogens with one attached hydrogen (secondary N) is 2. The normalized spacial score (nSPS) is 22.6. The molecule has 2 N–H and O–H groups in total. The Morgan fingerprint density at radius 3 is 2.21 bits per heavy atom. The number of ether oxygens (including phenoxy) is 5. The molecule has 0 spiro atoms. The number of benzene rings is 1. The van der Waals surface area contributed by atoms with E-state index in [1.807, 2.05) is 0 Å². The first-order valence-corrected chi connectivity index (χ1v) is 11.4. The molecule has 0 aromatic heterocycles. The number of rotatable bonds is 9. The quantitative estimate of drug-likeness (QED) is 0.107. The summed E-state index contributed by atoms with van der Waals surface area (Å²) in [4.78, 5) is 57.3. The molecule has 1 aliphatic heterocycles.